The fourth-order valence-electron chi connectivity index (χ4n) is 3.55. The molecule has 0 radical (unpaired) electrons. The van der Waals surface area contributed by atoms with E-state index in [2.05, 4.69) is 46.5 Å². The summed E-state index contributed by atoms with van der Waals surface area (Å²) in [4.78, 5) is 2.54. The van der Waals surface area contributed by atoms with E-state index in [0.29, 0.717) is 0 Å². The average molecular weight is 342 g/mol. The summed E-state index contributed by atoms with van der Waals surface area (Å²) in [6.45, 7) is 8.10. The van der Waals surface area contributed by atoms with Gasteiger partial charge in [-0.15, -0.1) is 0 Å². The first-order chi connectivity index (χ1) is 12.3. The molecule has 0 atom stereocenters. The van der Waals surface area contributed by atoms with E-state index < -0.39 is 0 Å². The molecule has 0 spiro atoms. The van der Waals surface area contributed by atoms with E-state index >= 15 is 0 Å². The monoisotopic (exact) mass is 342 g/mol. The summed E-state index contributed by atoms with van der Waals surface area (Å²) < 4.78 is 7.61. The topological polar surface area (TPSA) is 42.3 Å². The molecule has 1 aliphatic rings. The van der Waals surface area contributed by atoms with E-state index in [1.54, 1.807) is 7.11 Å². The second-order valence-corrected chi connectivity index (χ2v) is 6.72. The van der Waals surface area contributed by atoms with Crippen LogP contribution in [0.4, 0.5) is 0 Å². The second-order valence-electron chi connectivity index (χ2n) is 6.72. The van der Waals surface area contributed by atoms with Crippen molar-refractivity contribution >= 4 is 0 Å². The van der Waals surface area contributed by atoms with E-state index in [9.17, 15) is 0 Å². The van der Waals surface area contributed by atoms with Crippen molar-refractivity contribution in [2.75, 3.05) is 20.2 Å². The molecule has 0 saturated carbocycles. The van der Waals surface area contributed by atoms with Gasteiger partial charge in [0.05, 0.1) is 12.8 Å². The zero-order valence-corrected chi connectivity index (χ0v) is 15.5. The number of hydrogen-bond acceptors (Lipinski definition) is 4. The van der Waals surface area contributed by atoms with Crippen LogP contribution in [0.25, 0.3) is 0 Å². The molecule has 2 heterocycles. The lowest BCUT2D eigenvalue weighted by atomic mass is 10.1. The van der Waals surface area contributed by atoms with Gasteiger partial charge in [0.2, 0.25) is 0 Å². The van der Waals surface area contributed by atoms with Gasteiger partial charge >= 0.3 is 0 Å². The van der Waals surface area contributed by atoms with Crippen molar-refractivity contribution in [3.8, 4) is 5.75 Å². The fraction of sp³-hybridized carbons (Fsp3) is 0.550. The maximum atomic E-state index is 5.58. The summed E-state index contributed by atoms with van der Waals surface area (Å²) in [5.74, 6) is 0.999. The zero-order valence-electron chi connectivity index (χ0n) is 15.5. The molecule has 1 N–H and O–H groups in total. The van der Waals surface area contributed by atoms with Gasteiger partial charge < -0.3 is 10.1 Å². The van der Waals surface area contributed by atoms with Gasteiger partial charge in [-0.2, -0.15) is 5.10 Å². The SMILES string of the molecule is CCn1nccc1CNCc1ccc(OC)c(CN2CCCCC2)c1. The Hall–Kier alpha value is -1.85. The number of aromatic nitrogens is 2. The predicted octanol–water partition coefficient (Wildman–Crippen LogP) is 3.19. The van der Waals surface area contributed by atoms with Crippen LogP contribution in [0.1, 0.15) is 43.0 Å². The number of nitrogens with one attached hydrogen (secondary N) is 1. The average Bonchev–Trinajstić information content (AvgIpc) is 3.10. The third-order valence-electron chi connectivity index (χ3n) is 4.93. The standard InChI is InChI=1S/C20H30N4O/c1-3-24-19(9-10-22-24)15-21-14-17-7-8-20(25-2)18(13-17)16-23-11-5-4-6-12-23/h7-10,13,21H,3-6,11-12,14-16H2,1-2H3. The van der Waals surface area contributed by atoms with E-state index in [1.807, 2.05) is 10.9 Å². The molecule has 2 aromatic rings. The number of ether oxygens (including phenoxy) is 1. The summed E-state index contributed by atoms with van der Waals surface area (Å²) >= 11 is 0. The molecule has 3 rings (SSSR count). The molecule has 1 saturated heterocycles. The molecule has 0 bridgehead atoms. The number of likely N-dealkylation sites (tertiary alicyclic amines) is 1. The predicted molar refractivity (Wildman–Crippen MR) is 101 cm³/mol. The fourth-order valence-corrected chi connectivity index (χ4v) is 3.55. The Labute approximate surface area is 151 Å². The Morgan fingerprint density at radius 2 is 1.96 bits per heavy atom. The first kappa shape index (κ1) is 18.0. The van der Waals surface area contributed by atoms with E-state index in [0.717, 1.165) is 31.9 Å². The highest BCUT2D eigenvalue weighted by Gasteiger charge is 2.13. The van der Waals surface area contributed by atoms with Crippen LogP contribution in [-0.2, 0) is 26.2 Å². The van der Waals surface area contributed by atoms with E-state index in [-0.39, 0.29) is 0 Å². The molecule has 1 aliphatic heterocycles. The lowest BCUT2D eigenvalue weighted by Gasteiger charge is -2.27. The molecular formula is C20H30N4O. The van der Waals surface area contributed by atoms with Crippen LogP contribution in [0.5, 0.6) is 5.75 Å². The third kappa shape index (κ3) is 4.83. The lowest BCUT2D eigenvalue weighted by Crippen LogP contribution is -2.29. The quantitative estimate of drug-likeness (QED) is 0.800. The molecule has 0 unspecified atom stereocenters. The first-order valence-electron chi connectivity index (χ1n) is 9.39. The van der Waals surface area contributed by atoms with Crippen molar-refractivity contribution in [3.63, 3.8) is 0 Å². The summed E-state index contributed by atoms with van der Waals surface area (Å²) in [7, 11) is 1.76. The van der Waals surface area contributed by atoms with Gasteiger partial charge in [0.1, 0.15) is 5.75 Å². The highest BCUT2D eigenvalue weighted by Crippen LogP contribution is 2.23. The molecule has 0 amide bonds. The minimum Gasteiger partial charge on any atom is -0.496 e. The number of hydrogen-bond donors (Lipinski definition) is 1. The maximum Gasteiger partial charge on any atom is 0.123 e. The van der Waals surface area contributed by atoms with Gasteiger partial charge in [0.15, 0.2) is 0 Å². The van der Waals surface area contributed by atoms with Crippen molar-refractivity contribution in [2.24, 2.45) is 0 Å². The largest absolute Gasteiger partial charge is 0.496 e. The summed E-state index contributed by atoms with van der Waals surface area (Å²) in [6.07, 6.45) is 5.86. The smallest absolute Gasteiger partial charge is 0.123 e. The molecule has 5 heteroatoms. The molecule has 1 aromatic carbocycles. The minimum atomic E-state index is 0.835. The maximum absolute atomic E-state index is 5.58. The second kappa shape index (κ2) is 9.02. The Balaban J connectivity index is 1.60. The number of aryl methyl sites for hydroxylation is 1. The number of rotatable bonds is 8. The number of nitrogens with zero attached hydrogens (tertiary/aromatic N) is 3. The van der Waals surface area contributed by atoms with Gasteiger partial charge in [-0.1, -0.05) is 12.5 Å². The molecule has 136 valence electrons. The number of benzene rings is 1. The summed E-state index contributed by atoms with van der Waals surface area (Å²) in [5.41, 5.74) is 3.82. The molecule has 1 aromatic heterocycles. The van der Waals surface area contributed by atoms with Gasteiger partial charge in [-0.05, 0) is 56.6 Å². The van der Waals surface area contributed by atoms with Gasteiger partial charge in [-0.3, -0.25) is 9.58 Å². The molecular weight excluding hydrogens is 312 g/mol. The molecule has 0 aliphatic carbocycles. The highest BCUT2D eigenvalue weighted by molar-refractivity contribution is 5.37. The van der Waals surface area contributed by atoms with Crippen molar-refractivity contribution in [1.82, 2.24) is 20.0 Å². The zero-order chi connectivity index (χ0) is 17.5. The number of piperidine rings is 1. The van der Waals surface area contributed by atoms with E-state index in [4.69, 9.17) is 4.74 Å². The van der Waals surface area contributed by atoms with Crippen molar-refractivity contribution < 1.29 is 4.74 Å². The van der Waals surface area contributed by atoms with Gasteiger partial charge in [-0.25, -0.2) is 0 Å². The Bertz CT molecular complexity index is 661. The number of methoxy groups -OCH3 is 1. The first-order valence-corrected chi connectivity index (χ1v) is 9.39. The Morgan fingerprint density at radius 3 is 2.72 bits per heavy atom. The van der Waals surface area contributed by atoms with Crippen molar-refractivity contribution in [1.29, 1.82) is 0 Å². The van der Waals surface area contributed by atoms with Crippen LogP contribution >= 0.6 is 0 Å². The van der Waals surface area contributed by atoms with Crippen LogP contribution in [0, 0.1) is 0 Å². The Morgan fingerprint density at radius 1 is 1.12 bits per heavy atom. The van der Waals surface area contributed by atoms with Crippen LogP contribution in [0.15, 0.2) is 30.5 Å². The van der Waals surface area contributed by atoms with Gasteiger partial charge in [0, 0.05) is 37.9 Å². The molecule has 5 nitrogen and oxygen atoms in total. The molecule has 1 fully saturated rings. The lowest BCUT2D eigenvalue weighted by molar-refractivity contribution is 0.218. The van der Waals surface area contributed by atoms with Crippen LogP contribution in [0.2, 0.25) is 0 Å². The van der Waals surface area contributed by atoms with E-state index in [1.165, 1.54) is 49.2 Å². The van der Waals surface area contributed by atoms with Crippen molar-refractivity contribution in [2.45, 2.75) is 52.4 Å². The van der Waals surface area contributed by atoms with Gasteiger partial charge in [0.25, 0.3) is 0 Å². The minimum absolute atomic E-state index is 0.835. The third-order valence-corrected chi connectivity index (χ3v) is 4.93. The van der Waals surface area contributed by atoms with Crippen LogP contribution in [0.3, 0.4) is 0 Å². The summed E-state index contributed by atoms with van der Waals surface area (Å²) in [6, 6.07) is 8.62. The summed E-state index contributed by atoms with van der Waals surface area (Å²) in [5, 5.41) is 7.85. The van der Waals surface area contributed by atoms with Crippen LogP contribution < -0.4 is 10.1 Å². The van der Waals surface area contributed by atoms with Crippen molar-refractivity contribution in [3.05, 3.63) is 47.3 Å². The molecule has 25 heavy (non-hydrogen) atoms. The van der Waals surface area contributed by atoms with Crippen LogP contribution in [-0.4, -0.2) is 34.9 Å². The highest BCUT2D eigenvalue weighted by atomic mass is 16.5. The normalized spacial score (nSPS) is 15.4. The Kier molecular flexibility index (Phi) is 6.48.